The number of esters is 1. The molecular weight excluding hydrogens is 421 g/mol. The molecule has 1 saturated heterocycles. The Kier molecular flexibility index (Phi) is 6.06. The van der Waals surface area contributed by atoms with Crippen molar-refractivity contribution in [2.45, 2.75) is 26.1 Å². The Bertz CT molecular complexity index is 1030. The van der Waals surface area contributed by atoms with Crippen LogP contribution in [0.5, 0.6) is 0 Å². The van der Waals surface area contributed by atoms with Crippen molar-refractivity contribution in [3.05, 3.63) is 58.8 Å². The topological polar surface area (TPSA) is 68.6 Å². The van der Waals surface area contributed by atoms with E-state index in [1.807, 2.05) is 0 Å². The average molecular weight is 438 g/mol. The number of hydrogen-bond acceptors (Lipinski definition) is 5. The van der Waals surface area contributed by atoms with Gasteiger partial charge in [-0.05, 0) is 62.0 Å². The highest BCUT2D eigenvalue weighted by Gasteiger charge is 2.41. The zero-order valence-electron chi connectivity index (χ0n) is 16.0. The number of amides is 2. The second-order valence-electron chi connectivity index (χ2n) is 6.33. The maximum absolute atomic E-state index is 13.0. The van der Waals surface area contributed by atoms with E-state index < -0.39 is 34.9 Å². The van der Waals surface area contributed by atoms with Gasteiger partial charge in [0.1, 0.15) is 6.04 Å². The summed E-state index contributed by atoms with van der Waals surface area (Å²) >= 11 is 0.653. The van der Waals surface area contributed by atoms with Crippen molar-refractivity contribution in [2.75, 3.05) is 6.61 Å². The molecule has 6 nitrogen and oxygen atoms in total. The number of hydrogen-bond donors (Lipinski definition) is 0. The minimum Gasteiger partial charge on any atom is -0.464 e. The van der Waals surface area contributed by atoms with Crippen LogP contribution in [0.2, 0.25) is 0 Å². The van der Waals surface area contributed by atoms with Gasteiger partial charge in [0.2, 0.25) is 0 Å². The first-order valence-corrected chi connectivity index (χ1v) is 9.73. The van der Waals surface area contributed by atoms with Crippen LogP contribution in [0.4, 0.5) is 18.0 Å². The number of alkyl halides is 3. The molecule has 10 heteroatoms. The minimum atomic E-state index is -4.49. The van der Waals surface area contributed by atoms with E-state index in [1.54, 1.807) is 25.3 Å². The van der Waals surface area contributed by atoms with Gasteiger partial charge in [-0.2, -0.15) is 13.2 Å². The summed E-state index contributed by atoms with van der Waals surface area (Å²) in [4.78, 5) is 37.7. The predicted octanol–water partition coefficient (Wildman–Crippen LogP) is 4.48. The number of thioether (sulfide) groups is 1. The summed E-state index contributed by atoms with van der Waals surface area (Å²) in [7, 11) is 0. The van der Waals surface area contributed by atoms with E-state index in [4.69, 9.17) is 4.74 Å². The molecule has 1 aliphatic rings. The maximum atomic E-state index is 13.0. The lowest BCUT2D eigenvalue weighted by Crippen LogP contribution is -2.42. The first-order chi connectivity index (χ1) is 14.1. The van der Waals surface area contributed by atoms with Gasteiger partial charge in [-0.1, -0.05) is 6.07 Å². The Morgan fingerprint density at radius 3 is 2.63 bits per heavy atom. The molecule has 0 bridgehead atoms. The largest absolute Gasteiger partial charge is 0.464 e. The molecule has 2 aromatic rings. The molecule has 30 heavy (non-hydrogen) atoms. The Labute approximate surface area is 174 Å². The zero-order chi connectivity index (χ0) is 22.1. The van der Waals surface area contributed by atoms with Crippen molar-refractivity contribution in [1.82, 2.24) is 9.47 Å². The number of carbonyl (C=O) groups excluding carboxylic acids is 3. The molecule has 1 atom stereocenters. The highest BCUT2D eigenvalue weighted by Crippen LogP contribution is 2.35. The van der Waals surface area contributed by atoms with Crippen LogP contribution in [-0.4, -0.2) is 39.2 Å². The van der Waals surface area contributed by atoms with Crippen LogP contribution in [0.15, 0.2) is 47.5 Å². The zero-order valence-corrected chi connectivity index (χ0v) is 16.8. The highest BCUT2D eigenvalue weighted by atomic mass is 32.2. The number of carbonyl (C=O) groups is 3. The molecule has 1 fully saturated rings. The van der Waals surface area contributed by atoms with Crippen molar-refractivity contribution < 1.29 is 32.3 Å². The molecule has 2 amide bonds. The van der Waals surface area contributed by atoms with E-state index in [2.05, 4.69) is 0 Å². The number of halogens is 3. The molecule has 3 rings (SSSR count). The standard InChI is InChI=1S/C20H17F3N2O4S/c1-3-29-18(27)12(2)25-17(26)16(30-19(25)28)11-15-8-5-9-24(15)14-7-4-6-13(10-14)20(21,22)23/h4-12H,3H2,1-2H3/b16-11+. The molecule has 0 aliphatic carbocycles. The molecule has 1 aliphatic heterocycles. The van der Waals surface area contributed by atoms with E-state index in [9.17, 15) is 27.6 Å². The fourth-order valence-corrected chi connectivity index (χ4v) is 3.79. The molecule has 0 N–H and O–H groups in total. The summed E-state index contributed by atoms with van der Waals surface area (Å²) in [6.07, 6.45) is -1.54. The van der Waals surface area contributed by atoms with Crippen LogP contribution in [0.1, 0.15) is 25.1 Å². The van der Waals surface area contributed by atoms with Gasteiger partial charge >= 0.3 is 12.1 Å². The SMILES string of the molecule is CCOC(=O)C(C)N1C(=O)S/C(=C/c2cccn2-c2cccc(C(F)(F)F)c2)C1=O. The number of nitrogens with zero attached hydrogens (tertiary/aromatic N) is 2. The van der Waals surface area contributed by atoms with E-state index in [0.29, 0.717) is 17.5 Å². The summed E-state index contributed by atoms with van der Waals surface area (Å²) < 4.78 is 45.4. The first kappa shape index (κ1) is 21.7. The van der Waals surface area contributed by atoms with Crippen LogP contribution >= 0.6 is 11.8 Å². The third kappa shape index (κ3) is 4.28. The summed E-state index contributed by atoms with van der Waals surface area (Å²) in [6, 6.07) is 6.87. The number of aromatic nitrogens is 1. The Morgan fingerprint density at radius 1 is 1.23 bits per heavy atom. The van der Waals surface area contributed by atoms with Crippen LogP contribution < -0.4 is 0 Å². The molecule has 158 valence electrons. The number of rotatable bonds is 5. The average Bonchev–Trinajstić information content (AvgIpc) is 3.25. The van der Waals surface area contributed by atoms with Gasteiger partial charge < -0.3 is 9.30 Å². The monoisotopic (exact) mass is 438 g/mol. The second-order valence-corrected chi connectivity index (χ2v) is 7.32. The fourth-order valence-electron chi connectivity index (χ4n) is 2.90. The quantitative estimate of drug-likeness (QED) is 0.509. The first-order valence-electron chi connectivity index (χ1n) is 8.92. The van der Waals surface area contributed by atoms with Crippen LogP contribution in [0, 0.1) is 0 Å². The van der Waals surface area contributed by atoms with Crippen molar-refractivity contribution in [1.29, 1.82) is 0 Å². The number of benzene rings is 1. The lowest BCUT2D eigenvalue weighted by molar-refractivity contribution is -0.150. The van der Waals surface area contributed by atoms with E-state index >= 15 is 0 Å². The van der Waals surface area contributed by atoms with Gasteiger partial charge in [-0.25, -0.2) is 4.79 Å². The van der Waals surface area contributed by atoms with Gasteiger partial charge in [0.05, 0.1) is 17.1 Å². The minimum absolute atomic E-state index is 0.0584. The molecule has 1 aromatic carbocycles. The fraction of sp³-hybridized carbons (Fsp3) is 0.250. The summed E-state index contributed by atoms with van der Waals surface area (Å²) in [5, 5.41) is -0.621. The summed E-state index contributed by atoms with van der Waals surface area (Å²) in [6.45, 7) is 3.11. The van der Waals surface area contributed by atoms with Crippen LogP contribution in [0.3, 0.4) is 0 Å². The van der Waals surface area contributed by atoms with Gasteiger partial charge in [-0.3, -0.25) is 14.5 Å². The van der Waals surface area contributed by atoms with Crippen LogP contribution in [0.25, 0.3) is 11.8 Å². The Hall–Kier alpha value is -3.01. The second kappa shape index (κ2) is 8.39. The lowest BCUT2D eigenvalue weighted by atomic mass is 10.2. The lowest BCUT2D eigenvalue weighted by Gasteiger charge is -2.19. The van der Waals surface area contributed by atoms with Crippen LogP contribution in [-0.2, 0) is 20.5 Å². The van der Waals surface area contributed by atoms with Crippen molar-refractivity contribution in [3.8, 4) is 5.69 Å². The predicted molar refractivity (Wildman–Crippen MR) is 105 cm³/mol. The molecule has 0 saturated carbocycles. The van der Waals surface area contributed by atoms with Crippen molar-refractivity contribution in [2.24, 2.45) is 0 Å². The van der Waals surface area contributed by atoms with Gasteiger partial charge in [0, 0.05) is 17.6 Å². The molecule has 1 unspecified atom stereocenters. The van der Waals surface area contributed by atoms with E-state index in [-0.39, 0.29) is 17.2 Å². The molecule has 2 heterocycles. The molecule has 0 spiro atoms. The van der Waals surface area contributed by atoms with Crippen molar-refractivity contribution in [3.63, 3.8) is 0 Å². The maximum Gasteiger partial charge on any atom is 0.416 e. The van der Waals surface area contributed by atoms with E-state index in [0.717, 1.165) is 17.0 Å². The molecule has 0 radical (unpaired) electrons. The summed E-state index contributed by atoms with van der Waals surface area (Å²) in [5.74, 6) is -1.37. The number of imide groups is 1. The summed E-state index contributed by atoms with van der Waals surface area (Å²) in [5.41, 5.74) is -0.146. The van der Waals surface area contributed by atoms with Gasteiger partial charge in [-0.15, -0.1) is 0 Å². The van der Waals surface area contributed by atoms with Gasteiger partial charge in [0.15, 0.2) is 0 Å². The highest BCUT2D eigenvalue weighted by molar-refractivity contribution is 8.18. The third-order valence-corrected chi connectivity index (χ3v) is 5.23. The molecular formula is C20H17F3N2O4S. The smallest absolute Gasteiger partial charge is 0.416 e. The normalized spacial score (nSPS) is 17.0. The molecule has 1 aromatic heterocycles. The Balaban J connectivity index is 1.91. The number of ether oxygens (including phenoxy) is 1. The van der Waals surface area contributed by atoms with Gasteiger partial charge in [0.25, 0.3) is 11.1 Å². The third-order valence-electron chi connectivity index (χ3n) is 4.35. The van der Waals surface area contributed by atoms with E-state index in [1.165, 1.54) is 29.7 Å². The Morgan fingerprint density at radius 2 is 1.97 bits per heavy atom. The van der Waals surface area contributed by atoms with Crippen molar-refractivity contribution >= 4 is 35.0 Å².